The maximum atomic E-state index is 13.2. The number of likely N-dealkylation sites (N-methyl/N-ethyl adjacent to an activating group) is 1. The molecule has 4 rings (SSSR count). The molecular weight excluding hydrogens is 446 g/mol. The molecule has 1 aliphatic rings. The molecule has 3 heterocycles. The number of pyridine rings is 1. The maximum Gasteiger partial charge on any atom is 0.270 e. The normalized spacial score (nSPS) is 15.3. The summed E-state index contributed by atoms with van der Waals surface area (Å²) in [7, 11) is 3.43. The van der Waals surface area contributed by atoms with E-state index in [0.717, 1.165) is 5.56 Å². The standard InChI is InChI=1S/C26H27N5O4/c1-26(2,3)10-8-17-6-7-23-22(12-17)31(5)25(33)21(16-34-23)29-24(32)20-13-18(9-11-27-20)35-19-14-28-30(4)15-19/h6-7,9,11-15,21H,16H2,1-5H3,(H,29,32)/t21-/m0/s1. The number of nitrogens with one attached hydrogen (secondary N) is 1. The van der Waals surface area contributed by atoms with Crippen LogP contribution in [0.5, 0.6) is 17.2 Å². The van der Waals surface area contributed by atoms with Crippen LogP contribution in [0.3, 0.4) is 0 Å². The largest absolute Gasteiger partial charge is 0.489 e. The molecule has 0 fully saturated rings. The van der Waals surface area contributed by atoms with Gasteiger partial charge in [0.05, 0.1) is 18.1 Å². The van der Waals surface area contributed by atoms with E-state index in [0.29, 0.717) is 22.9 Å². The highest BCUT2D eigenvalue weighted by atomic mass is 16.5. The van der Waals surface area contributed by atoms with Crippen molar-refractivity contribution in [2.75, 3.05) is 18.6 Å². The first-order chi connectivity index (χ1) is 16.6. The first kappa shape index (κ1) is 23.8. The van der Waals surface area contributed by atoms with Crippen molar-refractivity contribution in [3.05, 3.63) is 60.2 Å². The monoisotopic (exact) mass is 473 g/mol. The number of carbonyl (C=O) groups is 2. The Balaban J connectivity index is 1.48. The first-order valence-electron chi connectivity index (χ1n) is 11.1. The number of amides is 2. The van der Waals surface area contributed by atoms with Gasteiger partial charge in [0.15, 0.2) is 5.75 Å². The van der Waals surface area contributed by atoms with E-state index in [1.165, 1.54) is 17.2 Å². The summed E-state index contributed by atoms with van der Waals surface area (Å²) in [5.74, 6) is 7.01. The fourth-order valence-electron chi connectivity index (χ4n) is 3.36. The van der Waals surface area contributed by atoms with Crippen LogP contribution in [0, 0.1) is 17.3 Å². The van der Waals surface area contributed by atoms with Gasteiger partial charge in [-0.25, -0.2) is 0 Å². The summed E-state index contributed by atoms with van der Waals surface area (Å²) in [4.78, 5) is 31.7. The van der Waals surface area contributed by atoms with Gasteiger partial charge in [0.25, 0.3) is 11.8 Å². The van der Waals surface area contributed by atoms with Crippen LogP contribution in [0.4, 0.5) is 5.69 Å². The van der Waals surface area contributed by atoms with E-state index in [1.807, 2.05) is 32.9 Å². The molecule has 3 aromatic rings. The van der Waals surface area contributed by atoms with Crippen molar-refractivity contribution >= 4 is 17.5 Å². The highest BCUT2D eigenvalue weighted by Gasteiger charge is 2.31. The molecule has 9 heteroatoms. The van der Waals surface area contributed by atoms with Crippen LogP contribution in [0.15, 0.2) is 48.9 Å². The fraction of sp³-hybridized carbons (Fsp3) is 0.308. The lowest BCUT2D eigenvalue weighted by atomic mass is 9.97. The van der Waals surface area contributed by atoms with Crippen LogP contribution in [0.25, 0.3) is 0 Å². The van der Waals surface area contributed by atoms with E-state index in [4.69, 9.17) is 9.47 Å². The van der Waals surface area contributed by atoms with Gasteiger partial charge < -0.3 is 19.7 Å². The van der Waals surface area contributed by atoms with Crippen molar-refractivity contribution in [3.63, 3.8) is 0 Å². The number of aromatic nitrogens is 3. The third-order valence-electron chi connectivity index (χ3n) is 5.12. The van der Waals surface area contributed by atoms with Gasteiger partial charge in [-0.15, -0.1) is 0 Å². The average molecular weight is 474 g/mol. The minimum absolute atomic E-state index is 0.0131. The maximum absolute atomic E-state index is 13.2. The summed E-state index contributed by atoms with van der Waals surface area (Å²) in [6.45, 7) is 6.09. The van der Waals surface area contributed by atoms with E-state index in [-0.39, 0.29) is 23.6 Å². The fourth-order valence-corrected chi connectivity index (χ4v) is 3.36. The number of fused-ring (bicyclic) bond motifs is 1. The third kappa shape index (κ3) is 5.79. The first-order valence-corrected chi connectivity index (χ1v) is 11.1. The lowest BCUT2D eigenvalue weighted by molar-refractivity contribution is -0.120. The van der Waals surface area contributed by atoms with Crippen LogP contribution in [-0.2, 0) is 11.8 Å². The van der Waals surface area contributed by atoms with Gasteiger partial charge >= 0.3 is 0 Å². The molecule has 35 heavy (non-hydrogen) atoms. The van der Waals surface area contributed by atoms with E-state index < -0.39 is 11.9 Å². The zero-order valence-corrected chi connectivity index (χ0v) is 20.3. The number of rotatable bonds is 4. The molecule has 1 atom stereocenters. The van der Waals surface area contributed by atoms with Gasteiger partial charge in [0.1, 0.15) is 29.8 Å². The number of hydrogen-bond acceptors (Lipinski definition) is 6. The van der Waals surface area contributed by atoms with E-state index in [1.54, 1.807) is 43.3 Å². The molecule has 0 radical (unpaired) electrons. The molecule has 9 nitrogen and oxygen atoms in total. The second-order valence-corrected chi connectivity index (χ2v) is 9.25. The second-order valence-electron chi connectivity index (χ2n) is 9.25. The zero-order chi connectivity index (χ0) is 25.2. The van der Waals surface area contributed by atoms with Crippen molar-refractivity contribution < 1.29 is 19.1 Å². The molecule has 0 saturated carbocycles. The minimum Gasteiger partial charge on any atom is -0.489 e. The molecular formula is C26H27N5O4. The molecule has 2 aromatic heterocycles. The number of hydrogen-bond donors (Lipinski definition) is 1. The molecule has 0 aliphatic carbocycles. The summed E-state index contributed by atoms with van der Waals surface area (Å²) in [5.41, 5.74) is 1.34. The molecule has 0 bridgehead atoms. The molecule has 0 spiro atoms. The Morgan fingerprint density at radius 2 is 2.00 bits per heavy atom. The molecule has 2 amide bonds. The molecule has 0 saturated heterocycles. The van der Waals surface area contributed by atoms with Crippen molar-refractivity contribution in [1.82, 2.24) is 20.1 Å². The third-order valence-corrected chi connectivity index (χ3v) is 5.12. The summed E-state index contributed by atoms with van der Waals surface area (Å²) in [6.07, 6.45) is 4.73. The second kappa shape index (κ2) is 9.50. The average Bonchev–Trinajstić information content (AvgIpc) is 3.18. The molecule has 180 valence electrons. The Bertz CT molecular complexity index is 1330. The number of benzene rings is 1. The van der Waals surface area contributed by atoms with Crippen LogP contribution in [-0.4, -0.2) is 46.3 Å². The van der Waals surface area contributed by atoms with E-state index >= 15 is 0 Å². The highest BCUT2D eigenvalue weighted by Crippen LogP contribution is 2.31. The Kier molecular flexibility index (Phi) is 6.47. The van der Waals surface area contributed by atoms with Crippen molar-refractivity contribution in [2.24, 2.45) is 12.5 Å². The molecule has 0 unspecified atom stereocenters. The molecule has 1 N–H and O–H groups in total. The van der Waals surface area contributed by atoms with Crippen LogP contribution in [0.1, 0.15) is 36.8 Å². The van der Waals surface area contributed by atoms with Crippen molar-refractivity contribution in [2.45, 2.75) is 26.8 Å². The van der Waals surface area contributed by atoms with Gasteiger partial charge in [-0.1, -0.05) is 11.8 Å². The van der Waals surface area contributed by atoms with E-state index in [9.17, 15) is 9.59 Å². The Labute approximate surface area is 204 Å². The Hall–Kier alpha value is -4.32. The van der Waals surface area contributed by atoms with Gasteiger partial charge in [-0.3, -0.25) is 19.3 Å². The van der Waals surface area contributed by atoms with Gasteiger partial charge in [0.2, 0.25) is 0 Å². The number of ether oxygens (including phenoxy) is 2. The van der Waals surface area contributed by atoms with Crippen molar-refractivity contribution in [1.29, 1.82) is 0 Å². The number of carbonyl (C=O) groups excluding carboxylic acids is 2. The Morgan fingerprint density at radius 1 is 1.20 bits per heavy atom. The van der Waals surface area contributed by atoms with Crippen LogP contribution >= 0.6 is 0 Å². The summed E-state index contributed by atoms with van der Waals surface area (Å²) in [5, 5.41) is 6.78. The predicted octanol–water partition coefficient (Wildman–Crippen LogP) is 3.16. The molecule has 1 aromatic carbocycles. The Morgan fingerprint density at radius 3 is 2.71 bits per heavy atom. The predicted molar refractivity (Wildman–Crippen MR) is 130 cm³/mol. The molecule has 1 aliphatic heterocycles. The zero-order valence-electron chi connectivity index (χ0n) is 20.3. The van der Waals surface area contributed by atoms with Gasteiger partial charge in [0, 0.05) is 37.3 Å². The highest BCUT2D eigenvalue weighted by molar-refractivity contribution is 6.03. The van der Waals surface area contributed by atoms with Gasteiger partial charge in [-0.2, -0.15) is 5.10 Å². The minimum atomic E-state index is -0.895. The summed E-state index contributed by atoms with van der Waals surface area (Å²) < 4.78 is 13.2. The van der Waals surface area contributed by atoms with Crippen molar-refractivity contribution in [3.8, 4) is 29.1 Å². The smallest absolute Gasteiger partial charge is 0.270 e. The van der Waals surface area contributed by atoms with Crippen LogP contribution in [0.2, 0.25) is 0 Å². The lowest BCUT2D eigenvalue weighted by Crippen LogP contribution is -2.49. The number of aryl methyl sites for hydroxylation is 1. The lowest BCUT2D eigenvalue weighted by Gasteiger charge is -2.20. The number of anilines is 1. The topological polar surface area (TPSA) is 98.6 Å². The summed E-state index contributed by atoms with van der Waals surface area (Å²) in [6, 6.07) is 7.70. The quantitative estimate of drug-likeness (QED) is 0.585. The van der Waals surface area contributed by atoms with Gasteiger partial charge in [-0.05, 0) is 45.0 Å². The SMILES string of the molecule is CN1C(=O)[C@@H](NC(=O)c2cc(Oc3cnn(C)c3)ccn2)COc2ccc(C#CC(C)(C)C)cc21. The van der Waals surface area contributed by atoms with Crippen LogP contribution < -0.4 is 19.7 Å². The summed E-state index contributed by atoms with van der Waals surface area (Å²) >= 11 is 0. The van der Waals surface area contributed by atoms with E-state index in [2.05, 4.69) is 27.2 Å². The number of nitrogens with zero attached hydrogens (tertiary/aromatic N) is 4.